The lowest BCUT2D eigenvalue weighted by Crippen LogP contribution is -2.42. The molecule has 0 spiro atoms. The van der Waals surface area contributed by atoms with Crippen molar-refractivity contribution < 1.29 is 14.0 Å². The molecule has 0 bridgehead atoms. The second-order valence-corrected chi connectivity index (χ2v) is 7.53. The summed E-state index contributed by atoms with van der Waals surface area (Å²) in [5.74, 6) is -0.201. The topological polar surface area (TPSA) is 74.6 Å². The number of rotatable bonds is 5. The summed E-state index contributed by atoms with van der Waals surface area (Å²) in [7, 11) is 0. The Hall–Kier alpha value is -3.54. The van der Waals surface area contributed by atoms with Crippen LogP contribution in [0.4, 0.5) is 5.69 Å². The monoisotopic (exact) mass is 403 g/mol. The Labute approximate surface area is 175 Å². The number of nitrogens with one attached hydrogen (secondary N) is 2. The number of aryl methyl sites for hydroxylation is 1. The molecule has 2 aromatic carbocycles. The van der Waals surface area contributed by atoms with Crippen molar-refractivity contribution in [1.29, 1.82) is 0 Å². The molecule has 2 heterocycles. The molecule has 1 unspecified atom stereocenters. The van der Waals surface area contributed by atoms with Crippen molar-refractivity contribution in [3.63, 3.8) is 0 Å². The third-order valence-electron chi connectivity index (χ3n) is 5.57. The molecule has 2 amide bonds. The van der Waals surface area contributed by atoms with Gasteiger partial charge in [-0.3, -0.25) is 20.4 Å². The number of benzene rings is 2. The highest BCUT2D eigenvalue weighted by Crippen LogP contribution is 2.33. The van der Waals surface area contributed by atoms with Crippen LogP contribution in [0.1, 0.15) is 51.5 Å². The fourth-order valence-electron chi connectivity index (χ4n) is 3.84. The maximum absolute atomic E-state index is 12.7. The number of carbonyl (C=O) groups excluding carboxylic acids is 2. The molecule has 0 saturated heterocycles. The molecule has 1 aliphatic heterocycles. The number of carbonyl (C=O) groups is 2. The van der Waals surface area contributed by atoms with Crippen LogP contribution in [0.3, 0.4) is 0 Å². The van der Waals surface area contributed by atoms with Gasteiger partial charge in [-0.2, -0.15) is 0 Å². The first-order valence-electron chi connectivity index (χ1n) is 10.2. The largest absolute Gasteiger partial charge is 0.467 e. The van der Waals surface area contributed by atoms with Gasteiger partial charge in [0.15, 0.2) is 0 Å². The lowest BCUT2D eigenvalue weighted by Gasteiger charge is -2.24. The van der Waals surface area contributed by atoms with Crippen LogP contribution in [0.15, 0.2) is 65.3 Å². The third-order valence-corrected chi connectivity index (χ3v) is 5.57. The van der Waals surface area contributed by atoms with Gasteiger partial charge in [0.1, 0.15) is 5.76 Å². The first kappa shape index (κ1) is 19.8. The van der Waals surface area contributed by atoms with Gasteiger partial charge in [-0.05, 0) is 55.2 Å². The number of hydrazine groups is 1. The van der Waals surface area contributed by atoms with Crippen molar-refractivity contribution in [3.8, 4) is 0 Å². The van der Waals surface area contributed by atoms with E-state index in [1.54, 1.807) is 18.2 Å². The quantitative estimate of drug-likeness (QED) is 0.634. The van der Waals surface area contributed by atoms with Crippen molar-refractivity contribution in [3.05, 3.63) is 88.9 Å². The molecule has 6 heteroatoms. The van der Waals surface area contributed by atoms with Crippen LogP contribution in [0.5, 0.6) is 0 Å². The van der Waals surface area contributed by atoms with Gasteiger partial charge < -0.3 is 9.32 Å². The van der Waals surface area contributed by atoms with Crippen molar-refractivity contribution in [2.24, 2.45) is 0 Å². The van der Waals surface area contributed by atoms with Crippen LogP contribution in [0.25, 0.3) is 0 Å². The van der Waals surface area contributed by atoms with E-state index in [0.29, 0.717) is 29.5 Å². The number of furan rings is 1. The fraction of sp³-hybridized carbons (Fsp3) is 0.250. The van der Waals surface area contributed by atoms with E-state index in [9.17, 15) is 9.59 Å². The van der Waals surface area contributed by atoms with E-state index >= 15 is 0 Å². The highest BCUT2D eigenvalue weighted by molar-refractivity contribution is 5.99. The minimum absolute atomic E-state index is 0.314. The van der Waals surface area contributed by atoms with E-state index in [1.165, 1.54) is 11.8 Å². The lowest BCUT2D eigenvalue weighted by molar-refractivity contribution is 0.0845. The smallest absolute Gasteiger partial charge is 0.273 e. The van der Waals surface area contributed by atoms with E-state index in [-0.39, 0.29) is 5.91 Å². The van der Waals surface area contributed by atoms with Gasteiger partial charge in [-0.25, -0.2) is 0 Å². The molecule has 1 aromatic heterocycles. The first-order valence-corrected chi connectivity index (χ1v) is 10.2. The molecule has 4 rings (SSSR count). The SMILES string of the molecule is CCc1ccc(C(=O)NNC(=O)c2ccoc2CN2c3ccccc3CC2C)cc1. The molecule has 2 N–H and O–H groups in total. The van der Waals surface area contributed by atoms with E-state index in [4.69, 9.17) is 4.42 Å². The minimum atomic E-state index is -0.405. The maximum Gasteiger partial charge on any atom is 0.273 e. The van der Waals surface area contributed by atoms with Crippen molar-refractivity contribution in [2.45, 2.75) is 39.3 Å². The molecule has 0 saturated carbocycles. The Balaban J connectivity index is 1.41. The van der Waals surface area contributed by atoms with E-state index in [2.05, 4.69) is 41.7 Å². The van der Waals surface area contributed by atoms with Crippen molar-refractivity contribution >= 4 is 17.5 Å². The summed E-state index contributed by atoms with van der Waals surface area (Å²) in [6, 6.07) is 17.5. The van der Waals surface area contributed by atoms with Crippen molar-refractivity contribution in [2.75, 3.05) is 4.90 Å². The van der Waals surface area contributed by atoms with Gasteiger partial charge >= 0.3 is 0 Å². The number of hydrogen-bond donors (Lipinski definition) is 2. The van der Waals surface area contributed by atoms with E-state index in [0.717, 1.165) is 24.1 Å². The average Bonchev–Trinajstić information content (AvgIpc) is 3.36. The number of anilines is 1. The number of nitrogens with zero attached hydrogens (tertiary/aromatic N) is 1. The Kier molecular flexibility index (Phi) is 5.57. The maximum atomic E-state index is 12.7. The number of amides is 2. The van der Waals surface area contributed by atoms with Gasteiger partial charge in [0.2, 0.25) is 0 Å². The lowest BCUT2D eigenvalue weighted by atomic mass is 10.1. The highest BCUT2D eigenvalue weighted by atomic mass is 16.3. The van der Waals surface area contributed by atoms with Crippen LogP contribution in [-0.2, 0) is 19.4 Å². The van der Waals surface area contributed by atoms with Crippen LogP contribution >= 0.6 is 0 Å². The van der Waals surface area contributed by atoms with Crippen LogP contribution in [-0.4, -0.2) is 17.9 Å². The second kappa shape index (κ2) is 8.45. The Morgan fingerprint density at radius 2 is 1.77 bits per heavy atom. The second-order valence-electron chi connectivity index (χ2n) is 7.53. The first-order chi connectivity index (χ1) is 14.6. The van der Waals surface area contributed by atoms with E-state index in [1.807, 2.05) is 24.3 Å². The summed E-state index contributed by atoms with van der Waals surface area (Å²) in [5.41, 5.74) is 9.47. The summed E-state index contributed by atoms with van der Waals surface area (Å²) in [4.78, 5) is 27.2. The standard InChI is InChI=1S/C24H25N3O3/c1-3-17-8-10-18(11-9-17)23(28)25-26-24(29)20-12-13-30-22(20)15-27-16(2)14-19-6-4-5-7-21(19)27/h4-13,16H,3,14-15H2,1-2H3,(H,25,28)(H,26,29). The molecule has 30 heavy (non-hydrogen) atoms. The predicted octanol–water partition coefficient (Wildman–Crippen LogP) is 3.87. The summed E-state index contributed by atoms with van der Waals surface area (Å²) in [6.07, 6.45) is 3.37. The van der Waals surface area contributed by atoms with Gasteiger partial charge in [0.25, 0.3) is 11.8 Å². The van der Waals surface area contributed by atoms with Gasteiger partial charge in [-0.1, -0.05) is 37.3 Å². The molecule has 0 aliphatic carbocycles. The van der Waals surface area contributed by atoms with Gasteiger partial charge in [0, 0.05) is 17.3 Å². The molecular weight excluding hydrogens is 378 g/mol. The van der Waals surface area contributed by atoms with Crippen molar-refractivity contribution in [1.82, 2.24) is 10.9 Å². The fourth-order valence-corrected chi connectivity index (χ4v) is 3.84. The number of para-hydroxylation sites is 1. The third kappa shape index (κ3) is 3.94. The van der Waals surface area contributed by atoms with Crippen LogP contribution in [0, 0.1) is 0 Å². The Bertz CT molecular complexity index is 1060. The molecular formula is C24H25N3O3. The number of hydrogen-bond acceptors (Lipinski definition) is 4. The average molecular weight is 403 g/mol. The zero-order valence-corrected chi connectivity index (χ0v) is 17.1. The highest BCUT2D eigenvalue weighted by Gasteiger charge is 2.28. The van der Waals surface area contributed by atoms with E-state index < -0.39 is 5.91 Å². The molecule has 1 atom stereocenters. The molecule has 1 aliphatic rings. The molecule has 0 radical (unpaired) electrons. The summed E-state index contributed by atoms with van der Waals surface area (Å²) < 4.78 is 5.61. The normalized spacial score (nSPS) is 15.0. The Morgan fingerprint density at radius 1 is 1.03 bits per heavy atom. The minimum Gasteiger partial charge on any atom is -0.467 e. The molecule has 0 fully saturated rings. The molecule has 6 nitrogen and oxygen atoms in total. The number of fused-ring (bicyclic) bond motifs is 1. The summed E-state index contributed by atoms with van der Waals surface area (Å²) in [6.45, 7) is 4.70. The Morgan fingerprint density at radius 3 is 2.53 bits per heavy atom. The molecule has 3 aromatic rings. The zero-order valence-electron chi connectivity index (χ0n) is 17.1. The summed E-state index contributed by atoms with van der Waals surface area (Å²) in [5, 5.41) is 0. The van der Waals surface area contributed by atoms with Gasteiger partial charge in [-0.15, -0.1) is 0 Å². The summed E-state index contributed by atoms with van der Waals surface area (Å²) >= 11 is 0. The molecule has 154 valence electrons. The zero-order chi connectivity index (χ0) is 21.1. The van der Waals surface area contributed by atoms with Gasteiger partial charge in [0.05, 0.1) is 18.4 Å². The van der Waals surface area contributed by atoms with Crippen LogP contribution < -0.4 is 15.8 Å². The predicted molar refractivity (Wildman–Crippen MR) is 115 cm³/mol. The van der Waals surface area contributed by atoms with Crippen LogP contribution in [0.2, 0.25) is 0 Å².